The van der Waals surface area contributed by atoms with Gasteiger partial charge < -0.3 is 10.5 Å². The molecule has 0 bridgehead atoms. The Labute approximate surface area is 123 Å². The summed E-state index contributed by atoms with van der Waals surface area (Å²) in [7, 11) is 1.37. The summed E-state index contributed by atoms with van der Waals surface area (Å²) in [6, 6.07) is 19.4. The van der Waals surface area contributed by atoms with Crippen LogP contribution in [0.1, 0.15) is 10.4 Å². The van der Waals surface area contributed by atoms with Crippen molar-refractivity contribution >= 4 is 22.4 Å². The fourth-order valence-corrected chi connectivity index (χ4v) is 2.60. The van der Waals surface area contributed by atoms with Crippen LogP contribution in [0.3, 0.4) is 0 Å². The summed E-state index contributed by atoms with van der Waals surface area (Å²) in [6.45, 7) is 0. The van der Waals surface area contributed by atoms with Gasteiger partial charge in [0.15, 0.2) is 0 Å². The highest BCUT2D eigenvalue weighted by Gasteiger charge is 2.19. The van der Waals surface area contributed by atoms with E-state index < -0.39 is 5.97 Å². The molecular weight excluding hydrogens is 262 g/mol. The van der Waals surface area contributed by atoms with Gasteiger partial charge in [0.1, 0.15) is 0 Å². The number of ether oxygens (including phenoxy) is 1. The van der Waals surface area contributed by atoms with Crippen LogP contribution in [0, 0.1) is 0 Å². The number of nitrogens with two attached hydrogens (primary N) is 1. The van der Waals surface area contributed by atoms with E-state index in [9.17, 15) is 4.79 Å². The van der Waals surface area contributed by atoms with Gasteiger partial charge in [-0.2, -0.15) is 0 Å². The smallest absolute Gasteiger partial charge is 0.340 e. The highest BCUT2D eigenvalue weighted by molar-refractivity contribution is 6.12. The van der Waals surface area contributed by atoms with Crippen LogP contribution in [0.15, 0.2) is 60.7 Å². The lowest BCUT2D eigenvalue weighted by molar-refractivity contribution is 0.0603. The zero-order valence-electron chi connectivity index (χ0n) is 11.7. The molecule has 3 rings (SSSR count). The second-order valence-corrected chi connectivity index (χ2v) is 4.79. The number of fused-ring (bicyclic) bond motifs is 1. The first kappa shape index (κ1) is 13.2. The zero-order chi connectivity index (χ0) is 14.8. The first-order valence-electron chi connectivity index (χ1n) is 6.67. The Balaban J connectivity index is 2.45. The number of anilines is 1. The number of carbonyl (C=O) groups excluding carboxylic acids is 1. The minimum absolute atomic E-state index is 0.419. The maximum absolute atomic E-state index is 12.2. The van der Waals surface area contributed by atoms with Gasteiger partial charge >= 0.3 is 5.97 Å². The number of hydrogen-bond acceptors (Lipinski definition) is 3. The van der Waals surface area contributed by atoms with Crippen molar-refractivity contribution < 1.29 is 9.53 Å². The molecule has 0 fully saturated rings. The second-order valence-electron chi connectivity index (χ2n) is 4.79. The molecule has 0 aromatic heterocycles. The molecule has 0 radical (unpaired) electrons. The Morgan fingerprint density at radius 3 is 2.38 bits per heavy atom. The van der Waals surface area contributed by atoms with Gasteiger partial charge in [-0.3, -0.25) is 0 Å². The minimum Gasteiger partial charge on any atom is -0.465 e. The maximum atomic E-state index is 12.2. The van der Waals surface area contributed by atoms with E-state index in [-0.39, 0.29) is 0 Å². The van der Waals surface area contributed by atoms with Crippen LogP contribution in [0.2, 0.25) is 0 Å². The van der Waals surface area contributed by atoms with E-state index in [4.69, 9.17) is 10.5 Å². The molecule has 0 aliphatic heterocycles. The Hall–Kier alpha value is -2.81. The van der Waals surface area contributed by atoms with E-state index in [1.165, 1.54) is 7.11 Å². The lowest BCUT2D eigenvalue weighted by Gasteiger charge is -2.14. The van der Waals surface area contributed by atoms with Crippen LogP contribution in [0.4, 0.5) is 5.69 Å². The third kappa shape index (κ3) is 2.23. The summed E-state index contributed by atoms with van der Waals surface area (Å²) in [5, 5.41) is 1.99. The lowest BCUT2D eigenvalue weighted by atomic mass is 9.92. The lowest BCUT2D eigenvalue weighted by Crippen LogP contribution is -2.08. The molecule has 21 heavy (non-hydrogen) atoms. The van der Waals surface area contributed by atoms with Crippen LogP contribution in [0.25, 0.3) is 21.9 Å². The van der Waals surface area contributed by atoms with Gasteiger partial charge in [0.05, 0.1) is 12.7 Å². The molecule has 0 spiro atoms. The number of rotatable bonds is 2. The predicted octanol–water partition coefficient (Wildman–Crippen LogP) is 3.88. The van der Waals surface area contributed by atoms with Crippen LogP contribution in [0.5, 0.6) is 0 Å². The topological polar surface area (TPSA) is 52.3 Å². The number of esters is 1. The Kier molecular flexibility index (Phi) is 3.32. The number of hydrogen-bond donors (Lipinski definition) is 1. The van der Waals surface area contributed by atoms with Crippen molar-refractivity contribution in [1.29, 1.82) is 0 Å². The van der Waals surface area contributed by atoms with E-state index in [1.807, 2.05) is 60.7 Å². The zero-order valence-corrected chi connectivity index (χ0v) is 11.7. The minimum atomic E-state index is -0.419. The first-order valence-corrected chi connectivity index (χ1v) is 6.67. The van der Waals surface area contributed by atoms with Gasteiger partial charge in [-0.15, -0.1) is 0 Å². The summed E-state index contributed by atoms with van der Waals surface area (Å²) in [6.07, 6.45) is 0. The highest BCUT2D eigenvalue weighted by atomic mass is 16.5. The van der Waals surface area contributed by atoms with E-state index in [0.29, 0.717) is 11.3 Å². The van der Waals surface area contributed by atoms with Gasteiger partial charge in [-0.25, -0.2) is 4.79 Å². The highest BCUT2D eigenvalue weighted by Crippen LogP contribution is 2.36. The van der Waals surface area contributed by atoms with Crippen molar-refractivity contribution in [3.63, 3.8) is 0 Å². The monoisotopic (exact) mass is 277 g/mol. The first-order chi connectivity index (χ1) is 10.2. The summed E-state index contributed by atoms with van der Waals surface area (Å²) >= 11 is 0. The fraction of sp³-hybridized carbons (Fsp3) is 0.0556. The molecule has 3 aromatic rings. The Morgan fingerprint density at radius 2 is 1.67 bits per heavy atom. The molecule has 0 aliphatic carbocycles. The van der Waals surface area contributed by atoms with Gasteiger partial charge in [-0.1, -0.05) is 54.6 Å². The van der Waals surface area contributed by atoms with E-state index in [1.54, 1.807) is 0 Å². The van der Waals surface area contributed by atoms with Crippen LogP contribution in [-0.2, 0) is 4.74 Å². The molecule has 0 amide bonds. The SMILES string of the molecule is COC(=O)c1c(N)cc2ccccc2c1-c1ccccc1. The average Bonchev–Trinajstić information content (AvgIpc) is 2.53. The van der Waals surface area contributed by atoms with Gasteiger partial charge in [-0.05, 0) is 22.4 Å². The van der Waals surface area contributed by atoms with Gasteiger partial charge in [0.2, 0.25) is 0 Å². The summed E-state index contributed by atoms with van der Waals surface area (Å²) in [5.41, 5.74) is 8.71. The van der Waals surface area contributed by atoms with Gasteiger partial charge in [0, 0.05) is 11.3 Å². The molecule has 0 saturated heterocycles. The second kappa shape index (κ2) is 5.29. The Morgan fingerprint density at radius 1 is 1.00 bits per heavy atom. The number of nitrogen functional groups attached to an aromatic ring is 1. The quantitative estimate of drug-likeness (QED) is 0.571. The molecule has 3 aromatic carbocycles. The van der Waals surface area contributed by atoms with Crippen molar-refractivity contribution in [3.8, 4) is 11.1 Å². The van der Waals surface area contributed by atoms with E-state index in [0.717, 1.165) is 21.9 Å². The van der Waals surface area contributed by atoms with Gasteiger partial charge in [0.25, 0.3) is 0 Å². The Bertz CT molecular complexity index is 810. The standard InChI is InChI=1S/C18H15NO2/c1-21-18(20)17-15(19)11-13-9-5-6-10-14(13)16(17)12-7-3-2-4-8-12/h2-11H,19H2,1H3. The molecule has 0 aliphatic rings. The summed E-state index contributed by atoms with van der Waals surface area (Å²) in [4.78, 5) is 12.2. The van der Waals surface area contributed by atoms with Crippen molar-refractivity contribution in [3.05, 3.63) is 66.2 Å². The molecule has 0 heterocycles. The number of methoxy groups -OCH3 is 1. The molecule has 0 atom stereocenters. The number of carbonyl (C=O) groups is 1. The molecule has 0 saturated carbocycles. The van der Waals surface area contributed by atoms with Crippen molar-refractivity contribution in [2.75, 3.05) is 12.8 Å². The molecule has 0 unspecified atom stereocenters. The maximum Gasteiger partial charge on any atom is 0.340 e. The molecule has 104 valence electrons. The molecular formula is C18H15NO2. The normalized spacial score (nSPS) is 10.5. The molecule has 3 heteroatoms. The van der Waals surface area contributed by atoms with E-state index >= 15 is 0 Å². The van der Waals surface area contributed by atoms with E-state index in [2.05, 4.69) is 0 Å². The van der Waals surface area contributed by atoms with Crippen molar-refractivity contribution in [2.24, 2.45) is 0 Å². The van der Waals surface area contributed by atoms with Crippen LogP contribution in [-0.4, -0.2) is 13.1 Å². The number of benzene rings is 3. The van der Waals surface area contributed by atoms with Crippen molar-refractivity contribution in [2.45, 2.75) is 0 Å². The third-order valence-electron chi connectivity index (χ3n) is 3.53. The third-order valence-corrected chi connectivity index (χ3v) is 3.53. The average molecular weight is 277 g/mol. The van der Waals surface area contributed by atoms with Crippen LogP contribution >= 0.6 is 0 Å². The summed E-state index contributed by atoms with van der Waals surface area (Å²) in [5.74, 6) is -0.419. The summed E-state index contributed by atoms with van der Waals surface area (Å²) < 4.78 is 4.91. The fourth-order valence-electron chi connectivity index (χ4n) is 2.60. The molecule has 2 N–H and O–H groups in total. The predicted molar refractivity (Wildman–Crippen MR) is 85.1 cm³/mol. The van der Waals surface area contributed by atoms with Crippen LogP contribution < -0.4 is 5.73 Å². The largest absolute Gasteiger partial charge is 0.465 e. The molecule has 3 nitrogen and oxygen atoms in total. The van der Waals surface area contributed by atoms with Crippen molar-refractivity contribution in [1.82, 2.24) is 0 Å².